The third kappa shape index (κ3) is 3.86. The Morgan fingerprint density at radius 2 is 2.12 bits per heavy atom. The van der Waals surface area contributed by atoms with Gasteiger partial charge in [0.05, 0.1) is 5.69 Å². The van der Waals surface area contributed by atoms with Crippen molar-refractivity contribution < 1.29 is 9.18 Å². The number of carbonyl (C=O) groups excluding carboxylic acids is 1. The van der Waals surface area contributed by atoms with Crippen molar-refractivity contribution in [1.82, 2.24) is 20.2 Å². The highest BCUT2D eigenvalue weighted by Gasteiger charge is 2.06. The number of amides is 2. The van der Waals surface area contributed by atoms with Crippen molar-refractivity contribution in [3.63, 3.8) is 0 Å². The number of urea groups is 1. The van der Waals surface area contributed by atoms with Gasteiger partial charge in [-0.15, -0.1) is 0 Å². The predicted molar refractivity (Wildman–Crippen MR) is 62.3 cm³/mol. The number of halogens is 1. The summed E-state index contributed by atoms with van der Waals surface area (Å²) in [4.78, 5) is 20.1. The van der Waals surface area contributed by atoms with Gasteiger partial charge in [0.2, 0.25) is 0 Å². The van der Waals surface area contributed by atoms with E-state index < -0.39 is 5.82 Å². The molecule has 1 aromatic heterocycles. The van der Waals surface area contributed by atoms with E-state index in [0.717, 1.165) is 0 Å². The highest BCUT2D eigenvalue weighted by Crippen LogP contribution is 2.10. The van der Waals surface area contributed by atoms with Crippen LogP contribution < -0.4 is 10.6 Å². The van der Waals surface area contributed by atoms with E-state index in [1.54, 1.807) is 21.0 Å². The second-order valence-electron chi connectivity index (χ2n) is 3.67. The Hall–Kier alpha value is -1.92. The molecule has 0 radical (unpaired) electrons. The van der Waals surface area contributed by atoms with E-state index in [1.807, 2.05) is 0 Å². The molecule has 0 aliphatic rings. The third-order valence-corrected chi connectivity index (χ3v) is 2.06. The number of hydrogen-bond donors (Lipinski definition) is 2. The van der Waals surface area contributed by atoms with Gasteiger partial charge in [0, 0.05) is 27.2 Å². The van der Waals surface area contributed by atoms with Crippen LogP contribution in [0.15, 0.2) is 6.33 Å². The molecule has 0 spiro atoms. The van der Waals surface area contributed by atoms with E-state index in [4.69, 9.17) is 0 Å². The first-order valence-electron chi connectivity index (χ1n) is 5.18. The van der Waals surface area contributed by atoms with Crippen molar-refractivity contribution in [2.24, 2.45) is 0 Å². The number of nitrogens with one attached hydrogen (secondary N) is 2. The van der Waals surface area contributed by atoms with Crippen LogP contribution >= 0.6 is 0 Å². The molecule has 94 valence electrons. The lowest BCUT2D eigenvalue weighted by atomic mass is 10.4. The van der Waals surface area contributed by atoms with Gasteiger partial charge in [-0.1, -0.05) is 0 Å². The predicted octanol–water partition coefficient (Wildman–Crippen LogP) is 0.607. The molecule has 0 fully saturated rings. The minimum absolute atomic E-state index is 0.150. The highest BCUT2D eigenvalue weighted by molar-refractivity contribution is 5.73. The zero-order chi connectivity index (χ0) is 12.8. The van der Waals surface area contributed by atoms with Gasteiger partial charge >= 0.3 is 6.03 Å². The number of nitrogens with zero attached hydrogens (tertiary/aromatic N) is 3. The van der Waals surface area contributed by atoms with Crippen LogP contribution in [0, 0.1) is 12.7 Å². The molecule has 1 heterocycles. The molecule has 0 atom stereocenters. The van der Waals surface area contributed by atoms with Crippen molar-refractivity contribution in [3.05, 3.63) is 17.8 Å². The maximum atomic E-state index is 13.4. The van der Waals surface area contributed by atoms with Crippen LogP contribution in [0.3, 0.4) is 0 Å². The summed E-state index contributed by atoms with van der Waals surface area (Å²) in [5, 5.41) is 5.43. The Morgan fingerprint density at radius 3 is 2.76 bits per heavy atom. The molecule has 2 N–H and O–H groups in total. The van der Waals surface area contributed by atoms with Crippen molar-refractivity contribution in [2.45, 2.75) is 6.92 Å². The topological polar surface area (TPSA) is 70.1 Å². The lowest BCUT2D eigenvalue weighted by molar-refractivity contribution is 0.218. The summed E-state index contributed by atoms with van der Waals surface area (Å²) in [5.41, 5.74) is 0.292. The van der Waals surface area contributed by atoms with Crippen LogP contribution in [0.25, 0.3) is 0 Å². The molecule has 1 aromatic rings. The van der Waals surface area contributed by atoms with E-state index >= 15 is 0 Å². The van der Waals surface area contributed by atoms with Crippen molar-refractivity contribution >= 4 is 11.8 Å². The van der Waals surface area contributed by atoms with Crippen LogP contribution in [0.4, 0.5) is 15.0 Å². The SMILES string of the molecule is Cc1ncnc(NCCNC(=O)N(C)C)c1F. The third-order valence-electron chi connectivity index (χ3n) is 2.06. The van der Waals surface area contributed by atoms with Crippen LogP contribution in [-0.2, 0) is 0 Å². The fourth-order valence-electron chi connectivity index (χ4n) is 1.09. The molecular weight excluding hydrogens is 225 g/mol. The smallest absolute Gasteiger partial charge is 0.316 e. The van der Waals surface area contributed by atoms with Crippen molar-refractivity contribution in [3.8, 4) is 0 Å². The minimum atomic E-state index is -0.466. The van der Waals surface area contributed by atoms with Crippen molar-refractivity contribution in [1.29, 1.82) is 0 Å². The van der Waals surface area contributed by atoms with E-state index in [0.29, 0.717) is 18.8 Å². The highest BCUT2D eigenvalue weighted by atomic mass is 19.1. The zero-order valence-electron chi connectivity index (χ0n) is 10.1. The average Bonchev–Trinajstić information content (AvgIpc) is 2.29. The first-order valence-corrected chi connectivity index (χ1v) is 5.18. The molecule has 0 aliphatic heterocycles. The molecule has 7 heteroatoms. The number of rotatable bonds is 4. The first kappa shape index (κ1) is 13.1. The number of aromatic nitrogens is 2. The van der Waals surface area contributed by atoms with Gasteiger partial charge in [-0.2, -0.15) is 0 Å². The van der Waals surface area contributed by atoms with Crippen LogP contribution in [-0.4, -0.2) is 48.1 Å². The van der Waals surface area contributed by atoms with E-state index in [-0.39, 0.29) is 11.8 Å². The number of carbonyl (C=O) groups is 1. The lowest BCUT2D eigenvalue weighted by Crippen LogP contribution is -2.37. The standard InChI is InChI=1S/C10H16FN5O/c1-7-8(11)9(15-6-14-7)12-4-5-13-10(17)16(2)3/h6H,4-5H2,1-3H3,(H,13,17)(H,12,14,15). The van der Waals surface area contributed by atoms with Crippen LogP contribution in [0.2, 0.25) is 0 Å². The molecule has 0 aliphatic carbocycles. The van der Waals surface area contributed by atoms with Gasteiger partial charge in [-0.05, 0) is 6.92 Å². The van der Waals surface area contributed by atoms with Gasteiger partial charge in [-0.25, -0.2) is 19.2 Å². The fourth-order valence-corrected chi connectivity index (χ4v) is 1.09. The van der Waals surface area contributed by atoms with Crippen LogP contribution in [0.1, 0.15) is 5.69 Å². The Bertz CT molecular complexity index is 396. The maximum absolute atomic E-state index is 13.4. The van der Waals surface area contributed by atoms with Gasteiger partial charge in [0.1, 0.15) is 6.33 Å². The normalized spacial score (nSPS) is 9.88. The van der Waals surface area contributed by atoms with Gasteiger partial charge in [0.15, 0.2) is 11.6 Å². The first-order chi connectivity index (χ1) is 8.02. The molecule has 0 saturated carbocycles. The van der Waals surface area contributed by atoms with Crippen molar-refractivity contribution in [2.75, 3.05) is 32.5 Å². The minimum Gasteiger partial charge on any atom is -0.366 e. The monoisotopic (exact) mass is 241 g/mol. The molecular formula is C10H16FN5O. The summed E-state index contributed by atoms with van der Waals surface area (Å²) in [5.74, 6) is -0.317. The fraction of sp³-hybridized carbons (Fsp3) is 0.500. The van der Waals surface area contributed by atoms with E-state index in [2.05, 4.69) is 20.6 Å². The van der Waals surface area contributed by atoms with E-state index in [9.17, 15) is 9.18 Å². The average molecular weight is 241 g/mol. The Morgan fingerprint density at radius 1 is 1.41 bits per heavy atom. The Kier molecular flexibility index (Phi) is 4.62. The van der Waals surface area contributed by atoms with Gasteiger partial charge < -0.3 is 15.5 Å². The summed E-state index contributed by atoms with van der Waals surface area (Å²) < 4.78 is 13.4. The molecule has 0 unspecified atom stereocenters. The number of anilines is 1. The summed E-state index contributed by atoms with van der Waals surface area (Å²) in [6, 6.07) is -0.189. The second-order valence-corrected chi connectivity index (χ2v) is 3.67. The molecule has 6 nitrogen and oxygen atoms in total. The molecule has 0 bridgehead atoms. The van der Waals surface area contributed by atoms with Gasteiger partial charge in [-0.3, -0.25) is 0 Å². The van der Waals surface area contributed by atoms with E-state index in [1.165, 1.54) is 11.2 Å². The Labute approximate surface area is 99.2 Å². The molecule has 1 rings (SSSR count). The van der Waals surface area contributed by atoms with Crippen LogP contribution in [0.5, 0.6) is 0 Å². The summed E-state index contributed by atoms with van der Waals surface area (Å²) >= 11 is 0. The summed E-state index contributed by atoms with van der Waals surface area (Å²) in [7, 11) is 3.30. The lowest BCUT2D eigenvalue weighted by Gasteiger charge is -2.12. The second kappa shape index (κ2) is 5.97. The molecule has 0 saturated heterocycles. The summed E-state index contributed by atoms with van der Waals surface area (Å²) in [6.45, 7) is 2.35. The Balaban J connectivity index is 2.36. The largest absolute Gasteiger partial charge is 0.366 e. The number of aryl methyl sites for hydroxylation is 1. The summed E-state index contributed by atoms with van der Waals surface area (Å²) in [6.07, 6.45) is 1.29. The number of hydrogen-bond acceptors (Lipinski definition) is 4. The molecule has 17 heavy (non-hydrogen) atoms. The zero-order valence-corrected chi connectivity index (χ0v) is 10.1. The molecule has 0 aromatic carbocycles. The maximum Gasteiger partial charge on any atom is 0.316 e. The quantitative estimate of drug-likeness (QED) is 0.758. The van der Waals surface area contributed by atoms with Gasteiger partial charge in [0.25, 0.3) is 0 Å². The molecule has 2 amide bonds.